The van der Waals surface area contributed by atoms with Crippen molar-refractivity contribution in [2.75, 3.05) is 0 Å². The van der Waals surface area contributed by atoms with Gasteiger partial charge in [0.1, 0.15) is 0 Å². The summed E-state index contributed by atoms with van der Waals surface area (Å²) in [7, 11) is 0. The summed E-state index contributed by atoms with van der Waals surface area (Å²) in [5, 5.41) is 18.3. The smallest absolute Gasteiger partial charge is 0.0977 e. The third kappa shape index (κ3) is 3.90. The molecule has 4 heteroatoms. The average Bonchev–Trinajstić information content (AvgIpc) is 2.97. The predicted molar refractivity (Wildman–Crippen MR) is 79.7 cm³/mol. The molecule has 0 spiro atoms. The Kier molecular flexibility index (Phi) is 5.74. The maximum atomic E-state index is 10.3. The lowest BCUT2D eigenvalue weighted by Crippen LogP contribution is -2.07. The van der Waals surface area contributed by atoms with E-state index in [0.717, 1.165) is 24.2 Å². The summed E-state index contributed by atoms with van der Waals surface area (Å²) in [5.74, 6) is 0. The number of unbranched alkanes of at least 4 members (excludes halogenated alkanes) is 4. The molecule has 0 bridgehead atoms. The molecular formula is C16H23N3O. The van der Waals surface area contributed by atoms with Gasteiger partial charge in [0.05, 0.1) is 23.7 Å². The first-order valence-electron chi connectivity index (χ1n) is 7.47. The van der Waals surface area contributed by atoms with E-state index >= 15 is 0 Å². The zero-order chi connectivity index (χ0) is 14.2. The Morgan fingerprint density at radius 1 is 1.10 bits per heavy atom. The number of rotatable bonds is 8. The molecule has 1 aromatic heterocycles. The van der Waals surface area contributed by atoms with Crippen LogP contribution in [0.3, 0.4) is 0 Å². The van der Waals surface area contributed by atoms with Crippen LogP contribution in [0.2, 0.25) is 0 Å². The lowest BCUT2D eigenvalue weighted by Gasteiger charge is -2.12. The molecule has 4 nitrogen and oxygen atoms in total. The fourth-order valence-corrected chi connectivity index (χ4v) is 2.33. The van der Waals surface area contributed by atoms with Gasteiger partial charge in [0.25, 0.3) is 0 Å². The second-order valence-corrected chi connectivity index (χ2v) is 5.12. The van der Waals surface area contributed by atoms with Crippen LogP contribution in [0.15, 0.2) is 36.5 Å². The Morgan fingerprint density at radius 3 is 2.60 bits per heavy atom. The number of nitrogens with zero attached hydrogens (tertiary/aromatic N) is 3. The topological polar surface area (TPSA) is 50.9 Å². The molecule has 0 amide bonds. The maximum Gasteiger partial charge on any atom is 0.0977 e. The molecule has 2 aromatic rings. The minimum atomic E-state index is -0.494. The van der Waals surface area contributed by atoms with Crippen molar-refractivity contribution < 1.29 is 5.11 Å². The van der Waals surface area contributed by atoms with E-state index in [1.54, 1.807) is 10.9 Å². The fraction of sp³-hybridized carbons (Fsp3) is 0.500. The second kappa shape index (κ2) is 7.80. The summed E-state index contributed by atoms with van der Waals surface area (Å²) in [6.45, 7) is 2.21. The molecule has 2 rings (SSSR count). The van der Waals surface area contributed by atoms with Crippen molar-refractivity contribution in [3.63, 3.8) is 0 Å². The average molecular weight is 273 g/mol. The van der Waals surface area contributed by atoms with Crippen molar-refractivity contribution in [1.29, 1.82) is 0 Å². The molecule has 1 N–H and O–H groups in total. The van der Waals surface area contributed by atoms with E-state index in [4.69, 9.17) is 0 Å². The van der Waals surface area contributed by atoms with Crippen LogP contribution in [-0.4, -0.2) is 20.1 Å². The SMILES string of the molecule is CCCCCCCC(O)c1cnnn1-c1ccccc1. The first-order valence-corrected chi connectivity index (χ1v) is 7.47. The van der Waals surface area contributed by atoms with Gasteiger partial charge in [-0.2, -0.15) is 0 Å². The predicted octanol–water partition coefficient (Wildman–Crippen LogP) is 3.66. The summed E-state index contributed by atoms with van der Waals surface area (Å²) in [4.78, 5) is 0. The number of aliphatic hydroxyl groups is 1. The largest absolute Gasteiger partial charge is 0.387 e. The van der Waals surface area contributed by atoms with Crippen LogP contribution in [-0.2, 0) is 0 Å². The van der Waals surface area contributed by atoms with Crippen molar-refractivity contribution in [3.8, 4) is 5.69 Å². The third-order valence-corrected chi connectivity index (χ3v) is 3.50. The monoisotopic (exact) mass is 273 g/mol. The summed E-state index contributed by atoms with van der Waals surface area (Å²) < 4.78 is 1.72. The van der Waals surface area contributed by atoms with Crippen LogP contribution < -0.4 is 0 Å². The quantitative estimate of drug-likeness (QED) is 0.747. The highest BCUT2D eigenvalue weighted by Gasteiger charge is 2.14. The molecule has 1 unspecified atom stereocenters. The zero-order valence-electron chi connectivity index (χ0n) is 12.1. The molecule has 108 valence electrons. The summed E-state index contributed by atoms with van der Waals surface area (Å²) in [5.41, 5.74) is 1.71. The van der Waals surface area contributed by atoms with Gasteiger partial charge < -0.3 is 5.11 Å². The molecule has 0 radical (unpaired) electrons. The molecule has 20 heavy (non-hydrogen) atoms. The van der Waals surface area contributed by atoms with E-state index in [0.29, 0.717) is 0 Å². The molecule has 0 aliphatic rings. The fourth-order valence-electron chi connectivity index (χ4n) is 2.33. The number of benzene rings is 1. The van der Waals surface area contributed by atoms with Gasteiger partial charge in [0.2, 0.25) is 0 Å². The lowest BCUT2D eigenvalue weighted by molar-refractivity contribution is 0.155. The molecule has 0 fully saturated rings. The Morgan fingerprint density at radius 2 is 1.85 bits per heavy atom. The van der Waals surface area contributed by atoms with Gasteiger partial charge in [-0.25, -0.2) is 4.68 Å². The van der Waals surface area contributed by atoms with Crippen molar-refractivity contribution in [1.82, 2.24) is 15.0 Å². The van der Waals surface area contributed by atoms with Gasteiger partial charge in [-0.15, -0.1) is 5.10 Å². The molecule has 0 aliphatic heterocycles. The number of para-hydroxylation sites is 1. The second-order valence-electron chi connectivity index (χ2n) is 5.12. The van der Waals surface area contributed by atoms with Crippen molar-refractivity contribution in [2.45, 2.75) is 51.6 Å². The number of hydrogen-bond donors (Lipinski definition) is 1. The van der Waals surface area contributed by atoms with Gasteiger partial charge in [-0.1, -0.05) is 62.4 Å². The summed E-state index contributed by atoms with van der Waals surface area (Å²) in [6, 6.07) is 9.80. The minimum absolute atomic E-state index is 0.494. The van der Waals surface area contributed by atoms with Gasteiger partial charge >= 0.3 is 0 Å². The van der Waals surface area contributed by atoms with E-state index in [-0.39, 0.29) is 0 Å². The van der Waals surface area contributed by atoms with Gasteiger partial charge in [-0.05, 0) is 18.6 Å². The number of hydrogen-bond acceptors (Lipinski definition) is 3. The van der Waals surface area contributed by atoms with Gasteiger partial charge in [-0.3, -0.25) is 0 Å². The Balaban J connectivity index is 1.94. The minimum Gasteiger partial charge on any atom is -0.387 e. The molecular weight excluding hydrogens is 250 g/mol. The number of aliphatic hydroxyl groups excluding tert-OH is 1. The maximum absolute atomic E-state index is 10.3. The molecule has 1 heterocycles. The van der Waals surface area contributed by atoms with Crippen molar-refractivity contribution in [2.24, 2.45) is 0 Å². The Hall–Kier alpha value is -1.68. The first-order chi connectivity index (χ1) is 9.83. The zero-order valence-corrected chi connectivity index (χ0v) is 12.1. The van der Waals surface area contributed by atoms with E-state index in [2.05, 4.69) is 17.2 Å². The van der Waals surface area contributed by atoms with Crippen LogP contribution in [0.4, 0.5) is 0 Å². The van der Waals surface area contributed by atoms with Crippen molar-refractivity contribution >= 4 is 0 Å². The normalized spacial score (nSPS) is 12.5. The van der Waals surface area contributed by atoms with Crippen LogP contribution in [0.5, 0.6) is 0 Å². The van der Waals surface area contributed by atoms with E-state index < -0.39 is 6.10 Å². The van der Waals surface area contributed by atoms with Crippen LogP contribution in [0, 0.1) is 0 Å². The Labute approximate surface area is 120 Å². The summed E-state index contributed by atoms with van der Waals surface area (Å²) in [6.07, 6.45) is 7.92. The Bertz CT molecular complexity index is 495. The van der Waals surface area contributed by atoms with E-state index in [1.165, 1.54) is 25.7 Å². The summed E-state index contributed by atoms with van der Waals surface area (Å²) >= 11 is 0. The van der Waals surface area contributed by atoms with Crippen LogP contribution in [0.1, 0.15) is 57.2 Å². The molecule has 1 aromatic carbocycles. The first kappa shape index (κ1) is 14.7. The van der Waals surface area contributed by atoms with E-state index in [1.807, 2.05) is 30.3 Å². The van der Waals surface area contributed by atoms with Gasteiger partial charge in [0, 0.05) is 0 Å². The van der Waals surface area contributed by atoms with Crippen LogP contribution >= 0.6 is 0 Å². The molecule has 0 saturated heterocycles. The van der Waals surface area contributed by atoms with Gasteiger partial charge in [0.15, 0.2) is 0 Å². The molecule has 0 saturated carbocycles. The lowest BCUT2D eigenvalue weighted by atomic mass is 10.1. The highest BCUT2D eigenvalue weighted by Crippen LogP contribution is 2.21. The number of aromatic nitrogens is 3. The van der Waals surface area contributed by atoms with Crippen LogP contribution in [0.25, 0.3) is 5.69 Å². The molecule has 0 aliphatic carbocycles. The highest BCUT2D eigenvalue weighted by atomic mass is 16.3. The highest BCUT2D eigenvalue weighted by molar-refractivity contribution is 5.31. The molecule has 1 atom stereocenters. The van der Waals surface area contributed by atoms with E-state index in [9.17, 15) is 5.11 Å². The standard InChI is InChI=1S/C16H23N3O/c1-2-3-4-5-9-12-16(20)15-13-17-18-19(15)14-10-7-6-8-11-14/h6-8,10-11,13,16,20H,2-5,9,12H2,1H3. The van der Waals surface area contributed by atoms with Crippen molar-refractivity contribution in [3.05, 3.63) is 42.2 Å². The third-order valence-electron chi connectivity index (χ3n) is 3.50.